The molecular formula is C13H26N2. The first-order valence-corrected chi connectivity index (χ1v) is 6.44. The van der Waals surface area contributed by atoms with Gasteiger partial charge in [0.15, 0.2) is 0 Å². The predicted molar refractivity (Wildman–Crippen MR) is 65.1 cm³/mol. The Hall–Kier alpha value is -0.0800. The molecule has 2 rings (SSSR count). The minimum atomic E-state index is 0.362. The second-order valence-electron chi connectivity index (χ2n) is 6.36. The quantitative estimate of drug-likeness (QED) is 0.605. The zero-order valence-electron chi connectivity index (χ0n) is 10.8. The minimum absolute atomic E-state index is 0.362. The fourth-order valence-corrected chi connectivity index (χ4v) is 3.26. The van der Waals surface area contributed by atoms with Gasteiger partial charge in [0.2, 0.25) is 0 Å². The SMILES string of the molecule is CN1CCCC2CN(C(C)(C)C)CCC21. The van der Waals surface area contributed by atoms with Gasteiger partial charge in [0.1, 0.15) is 0 Å². The molecule has 2 aliphatic rings. The van der Waals surface area contributed by atoms with Crippen molar-refractivity contribution in [2.24, 2.45) is 5.92 Å². The third kappa shape index (κ3) is 2.36. The summed E-state index contributed by atoms with van der Waals surface area (Å²) in [5.74, 6) is 0.928. The highest BCUT2D eigenvalue weighted by molar-refractivity contribution is 4.92. The molecule has 2 unspecified atom stereocenters. The van der Waals surface area contributed by atoms with Gasteiger partial charge in [-0.3, -0.25) is 4.90 Å². The lowest BCUT2D eigenvalue weighted by molar-refractivity contribution is 0.00104. The molecule has 2 heteroatoms. The van der Waals surface area contributed by atoms with Gasteiger partial charge in [-0.2, -0.15) is 0 Å². The summed E-state index contributed by atoms with van der Waals surface area (Å²) in [4.78, 5) is 5.27. The lowest BCUT2D eigenvalue weighted by Gasteiger charge is -2.49. The van der Waals surface area contributed by atoms with Gasteiger partial charge in [-0.1, -0.05) is 0 Å². The number of hydrogen-bond acceptors (Lipinski definition) is 2. The maximum absolute atomic E-state index is 2.67. The summed E-state index contributed by atoms with van der Waals surface area (Å²) in [5, 5.41) is 0. The lowest BCUT2D eigenvalue weighted by atomic mass is 9.82. The van der Waals surface area contributed by atoms with Crippen molar-refractivity contribution in [2.75, 3.05) is 26.7 Å². The molecule has 0 bridgehead atoms. The molecule has 15 heavy (non-hydrogen) atoms. The van der Waals surface area contributed by atoms with Crippen molar-refractivity contribution in [1.82, 2.24) is 9.80 Å². The van der Waals surface area contributed by atoms with Crippen LogP contribution in [-0.4, -0.2) is 48.1 Å². The smallest absolute Gasteiger partial charge is 0.0145 e. The summed E-state index contributed by atoms with van der Waals surface area (Å²) in [6, 6.07) is 0.873. The Morgan fingerprint density at radius 1 is 1.07 bits per heavy atom. The zero-order valence-corrected chi connectivity index (χ0v) is 10.8. The average Bonchev–Trinajstić information content (AvgIpc) is 2.16. The van der Waals surface area contributed by atoms with Crippen LogP contribution in [0.1, 0.15) is 40.0 Å². The molecule has 0 saturated carbocycles. The summed E-state index contributed by atoms with van der Waals surface area (Å²) < 4.78 is 0. The second-order valence-corrected chi connectivity index (χ2v) is 6.36. The third-order valence-electron chi connectivity index (χ3n) is 4.29. The van der Waals surface area contributed by atoms with Gasteiger partial charge in [-0.25, -0.2) is 0 Å². The van der Waals surface area contributed by atoms with Gasteiger partial charge in [-0.05, 0) is 59.5 Å². The first-order valence-electron chi connectivity index (χ1n) is 6.44. The summed E-state index contributed by atoms with van der Waals surface area (Å²) in [5.41, 5.74) is 0.362. The van der Waals surface area contributed by atoms with Crippen LogP contribution >= 0.6 is 0 Å². The highest BCUT2D eigenvalue weighted by Gasteiger charge is 2.37. The lowest BCUT2D eigenvalue weighted by Crippen LogP contribution is -2.56. The van der Waals surface area contributed by atoms with Crippen LogP contribution in [0.15, 0.2) is 0 Å². The van der Waals surface area contributed by atoms with E-state index in [9.17, 15) is 0 Å². The molecule has 2 aliphatic heterocycles. The highest BCUT2D eigenvalue weighted by atomic mass is 15.2. The Bertz CT molecular complexity index is 219. The molecule has 2 heterocycles. The Morgan fingerprint density at radius 3 is 2.47 bits per heavy atom. The summed E-state index contributed by atoms with van der Waals surface area (Å²) in [6.45, 7) is 11.0. The third-order valence-corrected chi connectivity index (χ3v) is 4.29. The van der Waals surface area contributed by atoms with E-state index in [1.54, 1.807) is 0 Å². The molecule has 2 atom stereocenters. The molecule has 0 amide bonds. The van der Waals surface area contributed by atoms with E-state index in [0.717, 1.165) is 12.0 Å². The Morgan fingerprint density at radius 2 is 1.80 bits per heavy atom. The van der Waals surface area contributed by atoms with Crippen molar-refractivity contribution in [3.8, 4) is 0 Å². The van der Waals surface area contributed by atoms with Crippen LogP contribution in [-0.2, 0) is 0 Å². The van der Waals surface area contributed by atoms with Crippen LogP contribution in [0.25, 0.3) is 0 Å². The van der Waals surface area contributed by atoms with Crippen LogP contribution in [0, 0.1) is 5.92 Å². The molecule has 2 nitrogen and oxygen atoms in total. The van der Waals surface area contributed by atoms with Gasteiger partial charge in [0.25, 0.3) is 0 Å². The number of piperidine rings is 2. The first kappa shape index (κ1) is 11.4. The standard InChI is InChI=1S/C13H26N2/c1-13(2,3)15-9-7-12-11(10-15)6-5-8-14(12)4/h11-12H,5-10H2,1-4H3. The van der Waals surface area contributed by atoms with Crippen LogP contribution in [0.3, 0.4) is 0 Å². The van der Waals surface area contributed by atoms with E-state index < -0.39 is 0 Å². The number of likely N-dealkylation sites (tertiary alicyclic amines) is 2. The minimum Gasteiger partial charge on any atom is -0.303 e. The van der Waals surface area contributed by atoms with Crippen molar-refractivity contribution in [1.29, 1.82) is 0 Å². The zero-order chi connectivity index (χ0) is 11.1. The van der Waals surface area contributed by atoms with E-state index in [0.29, 0.717) is 5.54 Å². The molecule has 0 aromatic heterocycles. The molecule has 0 aromatic rings. The van der Waals surface area contributed by atoms with Gasteiger partial charge in [-0.15, -0.1) is 0 Å². The van der Waals surface area contributed by atoms with E-state index in [2.05, 4.69) is 37.6 Å². The molecule has 0 aromatic carbocycles. The largest absolute Gasteiger partial charge is 0.303 e. The van der Waals surface area contributed by atoms with E-state index >= 15 is 0 Å². The Balaban J connectivity index is 2.00. The normalized spacial score (nSPS) is 35.2. The number of fused-ring (bicyclic) bond motifs is 1. The van der Waals surface area contributed by atoms with Crippen LogP contribution in [0.2, 0.25) is 0 Å². The summed E-state index contributed by atoms with van der Waals surface area (Å²) in [7, 11) is 2.31. The maximum Gasteiger partial charge on any atom is 0.0145 e. The predicted octanol–water partition coefficient (Wildman–Crippen LogP) is 2.20. The molecule has 0 radical (unpaired) electrons. The van der Waals surface area contributed by atoms with Crippen molar-refractivity contribution >= 4 is 0 Å². The Labute approximate surface area is 94.6 Å². The first-order chi connectivity index (χ1) is 6.98. The molecule has 0 N–H and O–H groups in total. The fourth-order valence-electron chi connectivity index (χ4n) is 3.26. The topological polar surface area (TPSA) is 6.48 Å². The maximum atomic E-state index is 2.67. The van der Waals surface area contributed by atoms with Crippen LogP contribution in [0.5, 0.6) is 0 Å². The Kier molecular flexibility index (Phi) is 3.09. The number of nitrogens with zero attached hydrogens (tertiary/aromatic N) is 2. The number of rotatable bonds is 0. The van der Waals surface area contributed by atoms with Crippen molar-refractivity contribution in [3.05, 3.63) is 0 Å². The molecule has 88 valence electrons. The van der Waals surface area contributed by atoms with Crippen molar-refractivity contribution < 1.29 is 0 Å². The monoisotopic (exact) mass is 210 g/mol. The highest BCUT2D eigenvalue weighted by Crippen LogP contribution is 2.32. The van der Waals surface area contributed by atoms with Gasteiger partial charge < -0.3 is 4.90 Å². The van der Waals surface area contributed by atoms with Crippen molar-refractivity contribution in [2.45, 2.75) is 51.6 Å². The van der Waals surface area contributed by atoms with Crippen LogP contribution in [0.4, 0.5) is 0 Å². The van der Waals surface area contributed by atoms with E-state index in [1.807, 2.05) is 0 Å². The molecular weight excluding hydrogens is 184 g/mol. The second kappa shape index (κ2) is 4.06. The molecule has 2 saturated heterocycles. The molecule has 0 aliphatic carbocycles. The number of hydrogen-bond donors (Lipinski definition) is 0. The van der Waals surface area contributed by atoms with Gasteiger partial charge in [0.05, 0.1) is 0 Å². The molecule has 0 spiro atoms. The van der Waals surface area contributed by atoms with Gasteiger partial charge >= 0.3 is 0 Å². The van der Waals surface area contributed by atoms with E-state index in [4.69, 9.17) is 0 Å². The fraction of sp³-hybridized carbons (Fsp3) is 1.00. The van der Waals surface area contributed by atoms with Gasteiger partial charge in [0, 0.05) is 24.7 Å². The average molecular weight is 210 g/mol. The van der Waals surface area contributed by atoms with E-state index in [1.165, 1.54) is 38.9 Å². The summed E-state index contributed by atoms with van der Waals surface area (Å²) in [6.07, 6.45) is 4.22. The molecule has 2 fully saturated rings. The van der Waals surface area contributed by atoms with Crippen molar-refractivity contribution in [3.63, 3.8) is 0 Å². The van der Waals surface area contributed by atoms with E-state index in [-0.39, 0.29) is 0 Å². The van der Waals surface area contributed by atoms with Crippen LogP contribution < -0.4 is 0 Å². The summed E-state index contributed by atoms with van der Waals surface area (Å²) >= 11 is 0.